The van der Waals surface area contributed by atoms with E-state index in [9.17, 15) is 4.79 Å². The number of nitrogens with zero attached hydrogens (tertiary/aromatic N) is 3. The van der Waals surface area contributed by atoms with Crippen LogP contribution in [0.1, 0.15) is 26.0 Å². The number of aromatic amines is 1. The monoisotopic (exact) mass is 279 g/mol. The summed E-state index contributed by atoms with van der Waals surface area (Å²) in [4.78, 5) is 22.4. The number of nitrogens with one attached hydrogen (secondary N) is 1. The molecule has 0 aliphatic carbocycles. The van der Waals surface area contributed by atoms with Gasteiger partial charge in [0.25, 0.3) is 5.56 Å². The molecule has 8 nitrogen and oxygen atoms in total. The number of methoxy groups -OCH3 is 1. The van der Waals surface area contributed by atoms with Gasteiger partial charge in [-0.3, -0.25) is 14.3 Å². The minimum Gasteiger partial charge on any atom is -0.379 e. The van der Waals surface area contributed by atoms with Crippen molar-refractivity contribution in [2.75, 3.05) is 12.8 Å². The molecule has 0 radical (unpaired) electrons. The summed E-state index contributed by atoms with van der Waals surface area (Å²) < 4.78 is 13.1. The fraction of sp³-hybridized carbons (Fsp3) is 0.583. The number of H-pyrrole nitrogens is 1. The van der Waals surface area contributed by atoms with Crippen molar-refractivity contribution < 1.29 is 9.47 Å². The van der Waals surface area contributed by atoms with Gasteiger partial charge in [-0.25, -0.2) is 4.98 Å². The Morgan fingerprint density at radius 1 is 1.65 bits per heavy atom. The molecule has 3 rings (SSSR count). The van der Waals surface area contributed by atoms with Crippen LogP contribution < -0.4 is 11.3 Å². The van der Waals surface area contributed by atoms with Crippen LogP contribution in [0.3, 0.4) is 0 Å². The molecule has 0 amide bonds. The Kier molecular flexibility index (Phi) is 3.19. The molecule has 1 fully saturated rings. The molecule has 8 heteroatoms. The van der Waals surface area contributed by atoms with Gasteiger partial charge in [0, 0.05) is 13.5 Å². The normalized spacial score (nSPS) is 26.4. The maximum Gasteiger partial charge on any atom is 0.280 e. The molecule has 0 bridgehead atoms. The first-order valence-electron chi connectivity index (χ1n) is 6.54. The summed E-state index contributed by atoms with van der Waals surface area (Å²) in [5.74, 6) is 0.0672. The van der Waals surface area contributed by atoms with Crippen LogP contribution in [0.4, 0.5) is 5.95 Å². The highest BCUT2D eigenvalue weighted by molar-refractivity contribution is 5.70. The number of hydrogen-bond acceptors (Lipinski definition) is 6. The van der Waals surface area contributed by atoms with Crippen molar-refractivity contribution in [3.05, 3.63) is 16.7 Å². The summed E-state index contributed by atoms with van der Waals surface area (Å²) in [5.41, 5.74) is 5.93. The largest absolute Gasteiger partial charge is 0.379 e. The molecule has 20 heavy (non-hydrogen) atoms. The maximum absolute atomic E-state index is 11.8. The van der Waals surface area contributed by atoms with Gasteiger partial charge in [0.15, 0.2) is 11.2 Å². The quantitative estimate of drug-likeness (QED) is 0.842. The van der Waals surface area contributed by atoms with E-state index >= 15 is 0 Å². The van der Waals surface area contributed by atoms with E-state index in [1.807, 2.05) is 6.92 Å². The Bertz CT molecular complexity index is 667. The molecule has 108 valence electrons. The second-order valence-corrected chi connectivity index (χ2v) is 4.82. The molecule has 3 N–H and O–H groups in total. The number of rotatable bonds is 3. The van der Waals surface area contributed by atoms with Gasteiger partial charge in [-0.2, -0.15) is 4.98 Å². The van der Waals surface area contributed by atoms with Gasteiger partial charge >= 0.3 is 0 Å². The first-order chi connectivity index (χ1) is 9.63. The van der Waals surface area contributed by atoms with Gasteiger partial charge in [-0.05, 0) is 6.42 Å². The number of aromatic nitrogens is 4. The summed E-state index contributed by atoms with van der Waals surface area (Å²) >= 11 is 0. The third-order valence-electron chi connectivity index (χ3n) is 3.65. The average Bonchev–Trinajstić information content (AvgIpc) is 3.01. The Hall–Kier alpha value is -1.93. The van der Waals surface area contributed by atoms with Crippen LogP contribution in [0, 0.1) is 0 Å². The van der Waals surface area contributed by atoms with E-state index in [0.29, 0.717) is 12.1 Å². The van der Waals surface area contributed by atoms with Gasteiger partial charge in [-0.15, -0.1) is 0 Å². The molecule has 3 heterocycles. The maximum atomic E-state index is 11.8. The third kappa shape index (κ3) is 1.97. The van der Waals surface area contributed by atoms with Crippen molar-refractivity contribution in [1.82, 2.24) is 19.5 Å². The number of ether oxygens (including phenoxy) is 2. The molecule has 1 saturated heterocycles. The van der Waals surface area contributed by atoms with Crippen LogP contribution >= 0.6 is 0 Å². The fourth-order valence-corrected chi connectivity index (χ4v) is 2.64. The molecule has 0 saturated carbocycles. The minimum atomic E-state index is -0.348. The van der Waals surface area contributed by atoms with Gasteiger partial charge in [0.1, 0.15) is 6.23 Å². The lowest BCUT2D eigenvalue weighted by molar-refractivity contribution is -0.0273. The molecule has 1 aliphatic rings. The first kappa shape index (κ1) is 13.1. The number of hydrogen-bond donors (Lipinski definition) is 2. The predicted molar refractivity (Wildman–Crippen MR) is 72.2 cm³/mol. The van der Waals surface area contributed by atoms with E-state index in [4.69, 9.17) is 15.2 Å². The number of imidazole rings is 1. The summed E-state index contributed by atoms with van der Waals surface area (Å²) in [7, 11) is 1.67. The second-order valence-electron chi connectivity index (χ2n) is 4.82. The van der Waals surface area contributed by atoms with Gasteiger partial charge in [-0.1, -0.05) is 6.92 Å². The van der Waals surface area contributed by atoms with Crippen molar-refractivity contribution >= 4 is 17.1 Å². The molecule has 0 spiro atoms. The van der Waals surface area contributed by atoms with Gasteiger partial charge in [0.05, 0.1) is 18.5 Å². The van der Waals surface area contributed by atoms with E-state index in [1.165, 1.54) is 0 Å². The number of fused-ring (bicyclic) bond motifs is 1. The highest BCUT2D eigenvalue weighted by Crippen LogP contribution is 2.33. The second kappa shape index (κ2) is 4.88. The van der Waals surface area contributed by atoms with Crippen LogP contribution in [0.25, 0.3) is 11.2 Å². The molecular weight excluding hydrogens is 262 g/mol. The van der Waals surface area contributed by atoms with E-state index in [-0.39, 0.29) is 35.5 Å². The Morgan fingerprint density at radius 3 is 3.10 bits per heavy atom. The summed E-state index contributed by atoms with van der Waals surface area (Å²) in [5, 5.41) is 0. The van der Waals surface area contributed by atoms with Crippen LogP contribution in [0.2, 0.25) is 0 Å². The Balaban J connectivity index is 2.01. The zero-order valence-corrected chi connectivity index (χ0v) is 11.4. The van der Waals surface area contributed by atoms with Crippen molar-refractivity contribution in [2.45, 2.75) is 38.2 Å². The molecule has 3 unspecified atom stereocenters. The molecule has 2 aromatic rings. The van der Waals surface area contributed by atoms with Gasteiger partial charge in [0.2, 0.25) is 5.95 Å². The van der Waals surface area contributed by atoms with E-state index in [1.54, 1.807) is 18.0 Å². The van der Waals surface area contributed by atoms with Crippen LogP contribution in [-0.2, 0) is 9.47 Å². The molecule has 3 atom stereocenters. The summed E-state index contributed by atoms with van der Waals surface area (Å²) in [6.07, 6.45) is 2.92. The molecule has 0 aromatic carbocycles. The van der Waals surface area contributed by atoms with Gasteiger partial charge < -0.3 is 15.2 Å². The molecular formula is C12H17N5O3. The Labute approximate surface area is 114 Å². The zero-order chi connectivity index (χ0) is 14.3. The first-order valence-corrected chi connectivity index (χ1v) is 6.54. The van der Waals surface area contributed by atoms with Crippen molar-refractivity contribution in [3.8, 4) is 0 Å². The lowest BCUT2D eigenvalue weighted by atomic mass is 10.1. The molecule has 2 aromatic heterocycles. The van der Waals surface area contributed by atoms with E-state index in [2.05, 4.69) is 15.0 Å². The van der Waals surface area contributed by atoms with E-state index < -0.39 is 0 Å². The third-order valence-corrected chi connectivity index (χ3v) is 3.65. The fourth-order valence-electron chi connectivity index (χ4n) is 2.64. The topological polar surface area (TPSA) is 108 Å². The van der Waals surface area contributed by atoms with Crippen molar-refractivity contribution in [1.29, 1.82) is 0 Å². The van der Waals surface area contributed by atoms with Crippen molar-refractivity contribution in [3.63, 3.8) is 0 Å². The lowest BCUT2D eigenvalue weighted by Gasteiger charge is -2.14. The zero-order valence-electron chi connectivity index (χ0n) is 11.4. The number of nitrogen functional groups attached to an aromatic ring is 1. The SMILES string of the molecule is CCC1OC(n2cnc3c(=O)[nH]c(N)nc32)CC1OC. The number of nitrogens with two attached hydrogens (primary N) is 1. The summed E-state index contributed by atoms with van der Waals surface area (Å²) in [6.45, 7) is 2.05. The van der Waals surface area contributed by atoms with Crippen LogP contribution in [0.5, 0.6) is 0 Å². The lowest BCUT2D eigenvalue weighted by Crippen LogP contribution is -2.21. The predicted octanol–water partition coefficient (Wildman–Crippen LogP) is 0.414. The number of anilines is 1. The molecule has 1 aliphatic heterocycles. The van der Waals surface area contributed by atoms with Crippen LogP contribution in [0.15, 0.2) is 11.1 Å². The average molecular weight is 279 g/mol. The minimum absolute atomic E-state index is 0.0294. The highest BCUT2D eigenvalue weighted by atomic mass is 16.6. The standard InChI is InChI=1S/C12H17N5O3/c1-3-6-7(19-2)4-8(20-6)17-5-14-9-10(17)15-12(13)16-11(9)18/h5-8H,3-4H2,1-2H3,(H3,13,15,16,18). The van der Waals surface area contributed by atoms with Crippen molar-refractivity contribution in [2.24, 2.45) is 0 Å². The summed E-state index contributed by atoms with van der Waals surface area (Å²) in [6, 6.07) is 0. The smallest absolute Gasteiger partial charge is 0.280 e. The van der Waals surface area contributed by atoms with Crippen LogP contribution in [-0.4, -0.2) is 38.8 Å². The van der Waals surface area contributed by atoms with E-state index in [0.717, 1.165) is 6.42 Å². The Morgan fingerprint density at radius 2 is 2.45 bits per heavy atom. The highest BCUT2D eigenvalue weighted by Gasteiger charge is 2.36.